The molecule has 12 aromatic rings. The van der Waals surface area contributed by atoms with E-state index in [2.05, 4.69) is 228 Å². The third-order valence-corrected chi connectivity index (χ3v) is 12.0. The highest BCUT2D eigenvalue weighted by Crippen LogP contribution is 2.48. The van der Waals surface area contributed by atoms with Crippen LogP contribution in [0.3, 0.4) is 0 Å². The summed E-state index contributed by atoms with van der Waals surface area (Å²) in [5, 5.41) is 9.63. The first-order valence-electron chi connectivity index (χ1n) is 20.2. The van der Waals surface area contributed by atoms with Crippen molar-refractivity contribution in [1.29, 1.82) is 0 Å². The van der Waals surface area contributed by atoms with Gasteiger partial charge in [0.05, 0.1) is 27.8 Å². The van der Waals surface area contributed by atoms with Gasteiger partial charge in [-0.3, -0.25) is 0 Å². The summed E-state index contributed by atoms with van der Waals surface area (Å²) in [4.78, 5) is 2.39. The molecule has 0 N–H and O–H groups in total. The van der Waals surface area contributed by atoms with Crippen molar-refractivity contribution in [2.45, 2.75) is 0 Å². The zero-order chi connectivity index (χ0) is 38.9. The fourth-order valence-corrected chi connectivity index (χ4v) is 9.40. The molecule has 0 amide bonds. The van der Waals surface area contributed by atoms with Crippen molar-refractivity contribution in [3.8, 4) is 27.9 Å². The zero-order valence-electron chi connectivity index (χ0n) is 32.1. The van der Waals surface area contributed by atoms with Crippen LogP contribution < -0.4 is 4.90 Å². The first kappa shape index (κ1) is 33.3. The molecule has 276 valence electrons. The average molecular weight is 753 g/mol. The van der Waals surface area contributed by atoms with Crippen molar-refractivity contribution < 1.29 is 4.42 Å². The topological polar surface area (TPSA) is 21.3 Å². The van der Waals surface area contributed by atoms with Crippen LogP contribution in [0.5, 0.6) is 0 Å². The van der Waals surface area contributed by atoms with Crippen molar-refractivity contribution in [2.75, 3.05) is 4.90 Å². The molecule has 12 rings (SSSR count). The van der Waals surface area contributed by atoms with Gasteiger partial charge in [-0.15, -0.1) is 0 Å². The molecule has 0 bridgehead atoms. The lowest BCUT2D eigenvalue weighted by Crippen LogP contribution is -2.10. The number of anilines is 3. The highest BCUT2D eigenvalue weighted by atomic mass is 16.3. The lowest BCUT2D eigenvalue weighted by atomic mass is 9.94. The Morgan fingerprint density at radius 1 is 0.373 bits per heavy atom. The van der Waals surface area contributed by atoms with Crippen molar-refractivity contribution in [3.05, 3.63) is 218 Å². The Kier molecular flexibility index (Phi) is 7.54. The molecule has 0 aliphatic carbocycles. The van der Waals surface area contributed by atoms with E-state index in [0.717, 1.165) is 61.4 Å². The molecule has 0 spiro atoms. The van der Waals surface area contributed by atoms with E-state index in [9.17, 15) is 0 Å². The fourth-order valence-electron chi connectivity index (χ4n) is 9.40. The monoisotopic (exact) mass is 752 g/mol. The predicted molar refractivity (Wildman–Crippen MR) is 249 cm³/mol. The highest BCUT2D eigenvalue weighted by molar-refractivity contribution is 6.18. The minimum absolute atomic E-state index is 0.856. The number of furan rings is 1. The molecule has 10 aromatic carbocycles. The molecule has 0 radical (unpaired) electrons. The van der Waals surface area contributed by atoms with E-state index in [-0.39, 0.29) is 0 Å². The summed E-state index contributed by atoms with van der Waals surface area (Å²) in [6.45, 7) is 0. The van der Waals surface area contributed by atoms with Gasteiger partial charge >= 0.3 is 0 Å². The molecule has 2 aromatic heterocycles. The van der Waals surface area contributed by atoms with E-state index in [1.54, 1.807) is 0 Å². The Morgan fingerprint density at radius 3 is 1.83 bits per heavy atom. The summed E-state index contributed by atoms with van der Waals surface area (Å²) in [5.74, 6) is 0. The minimum atomic E-state index is 0.856. The Balaban J connectivity index is 1.09. The third kappa shape index (κ3) is 5.22. The van der Waals surface area contributed by atoms with Gasteiger partial charge in [0.25, 0.3) is 0 Å². The van der Waals surface area contributed by atoms with Gasteiger partial charge in [-0.1, -0.05) is 158 Å². The summed E-state index contributed by atoms with van der Waals surface area (Å²) in [7, 11) is 0. The van der Waals surface area contributed by atoms with Crippen molar-refractivity contribution in [1.82, 2.24) is 4.57 Å². The highest BCUT2D eigenvalue weighted by Gasteiger charge is 2.24. The fraction of sp³-hybridized carbons (Fsp3) is 0. The van der Waals surface area contributed by atoms with Crippen LogP contribution in [0, 0.1) is 0 Å². The van der Waals surface area contributed by atoms with E-state index < -0.39 is 0 Å². The van der Waals surface area contributed by atoms with Crippen molar-refractivity contribution in [2.24, 2.45) is 0 Å². The number of para-hydroxylation sites is 5. The second-order valence-corrected chi connectivity index (χ2v) is 15.2. The second-order valence-electron chi connectivity index (χ2n) is 15.2. The van der Waals surface area contributed by atoms with Gasteiger partial charge in [0.2, 0.25) is 0 Å². The number of rotatable bonds is 6. The maximum absolute atomic E-state index is 6.99. The van der Waals surface area contributed by atoms with Gasteiger partial charge in [0.1, 0.15) is 11.2 Å². The van der Waals surface area contributed by atoms with Crippen LogP contribution >= 0.6 is 0 Å². The molecule has 3 nitrogen and oxygen atoms in total. The second kappa shape index (κ2) is 13.4. The Bertz CT molecular complexity index is 3520. The number of hydrogen-bond acceptors (Lipinski definition) is 2. The SMILES string of the molecule is c1ccc(N(c2cccc(-c3cccc4c3ccc3ccccc34)c2)c2ccc(-c3ccccc3-n3c4ccccc4c4ccccc43)c3oc4ccccc4c23)cc1. The number of benzene rings is 10. The molecule has 0 saturated carbocycles. The van der Waals surface area contributed by atoms with Crippen LogP contribution in [0.4, 0.5) is 17.1 Å². The summed E-state index contributed by atoms with van der Waals surface area (Å²) >= 11 is 0. The van der Waals surface area contributed by atoms with Gasteiger partial charge in [-0.05, 0) is 93.3 Å². The maximum atomic E-state index is 6.99. The van der Waals surface area contributed by atoms with Gasteiger partial charge in [0.15, 0.2) is 0 Å². The zero-order valence-corrected chi connectivity index (χ0v) is 32.1. The molecule has 0 saturated heterocycles. The van der Waals surface area contributed by atoms with Crippen LogP contribution in [0.2, 0.25) is 0 Å². The van der Waals surface area contributed by atoms with Crippen LogP contribution in [0.1, 0.15) is 0 Å². The van der Waals surface area contributed by atoms with Crippen molar-refractivity contribution in [3.63, 3.8) is 0 Å². The van der Waals surface area contributed by atoms with E-state index >= 15 is 0 Å². The summed E-state index contributed by atoms with van der Waals surface area (Å²) < 4.78 is 9.39. The van der Waals surface area contributed by atoms with Crippen LogP contribution in [0.15, 0.2) is 223 Å². The third-order valence-electron chi connectivity index (χ3n) is 12.0. The number of aromatic nitrogens is 1. The normalized spacial score (nSPS) is 11.7. The Morgan fingerprint density at radius 2 is 1.00 bits per heavy atom. The minimum Gasteiger partial charge on any atom is -0.455 e. The summed E-state index contributed by atoms with van der Waals surface area (Å²) in [6.07, 6.45) is 0. The van der Waals surface area contributed by atoms with E-state index in [1.807, 2.05) is 0 Å². The largest absolute Gasteiger partial charge is 0.455 e. The van der Waals surface area contributed by atoms with Gasteiger partial charge in [0, 0.05) is 38.7 Å². The molecule has 59 heavy (non-hydrogen) atoms. The average Bonchev–Trinajstić information content (AvgIpc) is 3.86. The standard InChI is InChI=1S/C56H36N2O/c1-2-18-39(19-3-1)57(40-20-14-17-38(36-40)42-26-15-27-43-41-21-5-4-16-37(41)32-33-44(42)43)53-35-34-48(56-55(53)49-25-9-13-31-54(49)59-56)47-24-8-12-30-52(47)58-50-28-10-6-22-45(50)46-23-7-11-29-51(46)58/h1-36H. The molecule has 3 heteroatoms. The van der Waals surface area contributed by atoms with Gasteiger partial charge in [-0.2, -0.15) is 0 Å². The van der Waals surface area contributed by atoms with E-state index in [4.69, 9.17) is 4.42 Å². The Labute approximate surface area is 341 Å². The lowest BCUT2D eigenvalue weighted by molar-refractivity contribution is 0.670. The molecule has 0 aliphatic heterocycles. The molecular formula is C56H36N2O. The van der Waals surface area contributed by atoms with Crippen LogP contribution in [0.25, 0.3) is 93.2 Å². The van der Waals surface area contributed by atoms with E-state index in [0.29, 0.717) is 0 Å². The number of hydrogen-bond donors (Lipinski definition) is 0. The molecular weight excluding hydrogens is 717 g/mol. The first-order valence-corrected chi connectivity index (χ1v) is 20.2. The van der Waals surface area contributed by atoms with Gasteiger partial charge in [-0.25, -0.2) is 0 Å². The van der Waals surface area contributed by atoms with Gasteiger partial charge < -0.3 is 13.9 Å². The summed E-state index contributed by atoms with van der Waals surface area (Å²) in [5.41, 5.74) is 12.9. The summed E-state index contributed by atoms with van der Waals surface area (Å²) in [6, 6.07) is 78.6. The molecule has 0 atom stereocenters. The van der Waals surface area contributed by atoms with Crippen LogP contribution in [-0.2, 0) is 0 Å². The number of fused-ring (bicyclic) bond motifs is 9. The quantitative estimate of drug-likeness (QED) is 0.158. The van der Waals surface area contributed by atoms with Crippen LogP contribution in [-0.4, -0.2) is 4.57 Å². The predicted octanol–water partition coefficient (Wildman–Crippen LogP) is 15.8. The molecule has 0 unspecified atom stereocenters. The molecule has 2 heterocycles. The number of nitrogens with zero attached hydrogens (tertiary/aromatic N) is 2. The Hall–Kier alpha value is -7.88. The van der Waals surface area contributed by atoms with E-state index in [1.165, 1.54) is 48.9 Å². The van der Waals surface area contributed by atoms with Crippen molar-refractivity contribution >= 4 is 82.4 Å². The smallest absolute Gasteiger partial charge is 0.145 e. The molecule has 0 fully saturated rings. The first-order chi connectivity index (χ1) is 29.3. The molecule has 0 aliphatic rings. The maximum Gasteiger partial charge on any atom is 0.145 e. The lowest BCUT2D eigenvalue weighted by Gasteiger charge is -2.27.